The van der Waals surface area contributed by atoms with Crippen LogP contribution >= 0.6 is 12.4 Å². The van der Waals surface area contributed by atoms with Crippen molar-refractivity contribution in [1.29, 1.82) is 0 Å². The first kappa shape index (κ1) is 23.0. The number of benzene rings is 1. The summed E-state index contributed by atoms with van der Waals surface area (Å²) in [6.45, 7) is 10.5. The number of nitrogens with two attached hydrogens (primary N) is 1. The summed E-state index contributed by atoms with van der Waals surface area (Å²) in [4.78, 5) is 14.5. The Morgan fingerprint density at radius 2 is 1.88 bits per heavy atom. The van der Waals surface area contributed by atoms with Gasteiger partial charge >= 0.3 is 0 Å². The number of carbonyl (C=O) groups excluding carboxylic acids is 1. The Balaban J connectivity index is 0.00000338. The van der Waals surface area contributed by atoms with E-state index in [9.17, 15) is 4.79 Å². The molecule has 0 aliphatic carbocycles. The molecule has 1 aliphatic heterocycles. The van der Waals surface area contributed by atoms with E-state index >= 15 is 0 Å². The number of aryl methyl sites for hydroxylation is 1. The highest BCUT2D eigenvalue weighted by Gasteiger charge is 2.25. The van der Waals surface area contributed by atoms with Crippen molar-refractivity contribution in [3.05, 3.63) is 35.4 Å². The lowest BCUT2D eigenvalue weighted by Gasteiger charge is -2.34. The summed E-state index contributed by atoms with van der Waals surface area (Å²) in [6, 6.07) is 9.14. The Morgan fingerprint density at radius 1 is 1.23 bits per heavy atom. The molecule has 2 atom stereocenters. The van der Waals surface area contributed by atoms with Crippen molar-refractivity contribution in [2.45, 2.75) is 77.7 Å². The van der Waals surface area contributed by atoms with E-state index in [1.54, 1.807) is 0 Å². The Bertz CT molecular complexity index is 548. The van der Waals surface area contributed by atoms with Crippen LogP contribution < -0.4 is 5.73 Å². The molecule has 1 fully saturated rings. The number of hydrogen-bond donors (Lipinski definition) is 1. The first-order valence-electron chi connectivity index (χ1n) is 9.90. The minimum absolute atomic E-state index is 0. The van der Waals surface area contributed by atoms with Crippen molar-refractivity contribution in [2.75, 3.05) is 13.1 Å². The molecule has 4 heteroatoms. The van der Waals surface area contributed by atoms with Crippen LogP contribution in [-0.2, 0) is 16.6 Å². The lowest BCUT2D eigenvalue weighted by molar-refractivity contribution is -0.133. The first-order chi connectivity index (χ1) is 11.8. The Kier molecular flexibility index (Phi) is 9.12. The number of halogens is 1. The van der Waals surface area contributed by atoms with Gasteiger partial charge in [0.25, 0.3) is 0 Å². The van der Waals surface area contributed by atoms with E-state index in [2.05, 4.69) is 52.0 Å². The average Bonchev–Trinajstić information content (AvgIpc) is 2.58. The molecule has 148 valence electrons. The summed E-state index contributed by atoms with van der Waals surface area (Å²) in [6.07, 6.45) is 6.03. The van der Waals surface area contributed by atoms with Crippen molar-refractivity contribution in [2.24, 2.45) is 11.7 Å². The number of unbranched alkanes of at least 4 members (excludes halogenated alkanes) is 1. The molecule has 0 radical (unpaired) electrons. The van der Waals surface area contributed by atoms with Gasteiger partial charge in [0.1, 0.15) is 0 Å². The van der Waals surface area contributed by atoms with Crippen molar-refractivity contribution < 1.29 is 4.79 Å². The maximum Gasteiger partial charge on any atom is 0.222 e. The van der Waals surface area contributed by atoms with Gasteiger partial charge in [0.2, 0.25) is 5.91 Å². The van der Waals surface area contributed by atoms with E-state index in [4.69, 9.17) is 5.73 Å². The van der Waals surface area contributed by atoms with Crippen LogP contribution in [0.2, 0.25) is 0 Å². The third-order valence-corrected chi connectivity index (χ3v) is 5.48. The molecule has 3 nitrogen and oxygen atoms in total. The van der Waals surface area contributed by atoms with Crippen molar-refractivity contribution in [3.8, 4) is 0 Å². The summed E-state index contributed by atoms with van der Waals surface area (Å²) in [7, 11) is 0. The molecule has 0 saturated carbocycles. The number of carbonyl (C=O) groups is 1. The predicted octanol–water partition coefficient (Wildman–Crippen LogP) is 4.70. The van der Waals surface area contributed by atoms with Crippen LogP contribution in [0.25, 0.3) is 0 Å². The van der Waals surface area contributed by atoms with Crippen LogP contribution in [0.5, 0.6) is 0 Å². The van der Waals surface area contributed by atoms with E-state index in [0.717, 1.165) is 45.2 Å². The van der Waals surface area contributed by atoms with Crippen LogP contribution in [-0.4, -0.2) is 29.9 Å². The van der Waals surface area contributed by atoms with Crippen LogP contribution in [0, 0.1) is 5.92 Å². The van der Waals surface area contributed by atoms with Crippen LogP contribution in [0.4, 0.5) is 0 Å². The second-order valence-corrected chi connectivity index (χ2v) is 8.76. The number of amides is 1. The number of piperidine rings is 1. The minimum Gasteiger partial charge on any atom is -0.342 e. The van der Waals surface area contributed by atoms with E-state index in [1.165, 1.54) is 11.1 Å². The number of rotatable bonds is 6. The molecule has 2 unspecified atom stereocenters. The van der Waals surface area contributed by atoms with Gasteiger partial charge < -0.3 is 10.6 Å². The van der Waals surface area contributed by atoms with E-state index < -0.39 is 0 Å². The molecule has 0 bridgehead atoms. The van der Waals surface area contributed by atoms with Crippen molar-refractivity contribution in [3.63, 3.8) is 0 Å². The van der Waals surface area contributed by atoms with Gasteiger partial charge in [-0.3, -0.25) is 4.79 Å². The monoisotopic (exact) mass is 380 g/mol. The Morgan fingerprint density at radius 3 is 2.46 bits per heavy atom. The molecule has 1 aromatic carbocycles. The summed E-state index contributed by atoms with van der Waals surface area (Å²) in [5.74, 6) is 0.785. The molecule has 1 aliphatic rings. The lowest BCUT2D eigenvalue weighted by Crippen LogP contribution is -2.44. The summed E-state index contributed by atoms with van der Waals surface area (Å²) in [5, 5.41) is 0. The molecular weight excluding hydrogens is 344 g/mol. The fourth-order valence-corrected chi connectivity index (χ4v) is 3.60. The van der Waals surface area contributed by atoms with Crippen LogP contribution in [0.3, 0.4) is 0 Å². The van der Waals surface area contributed by atoms with Gasteiger partial charge in [-0.15, -0.1) is 12.4 Å². The fraction of sp³-hybridized carbons (Fsp3) is 0.682. The highest BCUT2D eigenvalue weighted by molar-refractivity contribution is 5.85. The Hall–Kier alpha value is -1.06. The SMILES string of the molecule is CC(N)C1CCCN(C(=O)CCCCc2ccc(C(C)(C)C)cc2)C1.Cl. The smallest absolute Gasteiger partial charge is 0.222 e. The molecule has 2 rings (SSSR count). The van der Waals surface area contributed by atoms with Gasteiger partial charge in [-0.25, -0.2) is 0 Å². The lowest BCUT2D eigenvalue weighted by atomic mass is 9.86. The topological polar surface area (TPSA) is 46.3 Å². The van der Waals surface area contributed by atoms with Crippen LogP contribution in [0.15, 0.2) is 24.3 Å². The number of hydrogen-bond acceptors (Lipinski definition) is 2. The van der Waals surface area contributed by atoms with Gasteiger partial charge in [-0.2, -0.15) is 0 Å². The van der Waals surface area contributed by atoms with Crippen molar-refractivity contribution in [1.82, 2.24) is 4.90 Å². The highest BCUT2D eigenvalue weighted by Crippen LogP contribution is 2.23. The molecule has 1 saturated heterocycles. The molecule has 1 aromatic rings. The van der Waals surface area contributed by atoms with Crippen LogP contribution in [0.1, 0.15) is 70.9 Å². The minimum atomic E-state index is 0. The third kappa shape index (κ3) is 6.92. The molecule has 2 N–H and O–H groups in total. The maximum absolute atomic E-state index is 12.4. The standard InChI is InChI=1S/C22H36N2O.ClH/c1-17(23)19-9-7-15-24(16-19)21(25)10-6-5-8-18-11-13-20(14-12-18)22(2,3)4;/h11-14,17,19H,5-10,15-16,23H2,1-4H3;1H. The van der Waals surface area contributed by atoms with E-state index in [0.29, 0.717) is 18.2 Å². The summed E-state index contributed by atoms with van der Waals surface area (Å²) >= 11 is 0. The predicted molar refractivity (Wildman–Crippen MR) is 113 cm³/mol. The number of nitrogens with zero attached hydrogens (tertiary/aromatic N) is 1. The molecule has 1 heterocycles. The van der Waals surface area contributed by atoms with Gasteiger partial charge in [0, 0.05) is 25.6 Å². The largest absolute Gasteiger partial charge is 0.342 e. The second-order valence-electron chi connectivity index (χ2n) is 8.76. The zero-order valence-corrected chi connectivity index (χ0v) is 17.8. The highest BCUT2D eigenvalue weighted by atomic mass is 35.5. The molecular formula is C22H37ClN2O. The van der Waals surface area contributed by atoms with Gasteiger partial charge in [0.15, 0.2) is 0 Å². The second kappa shape index (κ2) is 10.3. The van der Waals surface area contributed by atoms with E-state index in [-0.39, 0.29) is 23.9 Å². The fourth-order valence-electron chi connectivity index (χ4n) is 3.60. The van der Waals surface area contributed by atoms with Gasteiger partial charge in [-0.05, 0) is 61.5 Å². The average molecular weight is 381 g/mol. The molecule has 1 amide bonds. The summed E-state index contributed by atoms with van der Waals surface area (Å²) < 4.78 is 0. The van der Waals surface area contributed by atoms with E-state index in [1.807, 2.05) is 4.90 Å². The normalized spacial score (nSPS) is 19.0. The van der Waals surface area contributed by atoms with Gasteiger partial charge in [-0.1, -0.05) is 45.0 Å². The maximum atomic E-state index is 12.4. The van der Waals surface area contributed by atoms with Gasteiger partial charge in [0.05, 0.1) is 0 Å². The zero-order chi connectivity index (χ0) is 18.4. The molecule has 0 aromatic heterocycles. The summed E-state index contributed by atoms with van der Waals surface area (Å²) in [5.41, 5.74) is 8.97. The first-order valence-corrected chi connectivity index (χ1v) is 9.90. The molecule has 26 heavy (non-hydrogen) atoms. The van der Waals surface area contributed by atoms with Crippen molar-refractivity contribution >= 4 is 18.3 Å². The molecule has 0 spiro atoms. The third-order valence-electron chi connectivity index (χ3n) is 5.48. The quantitative estimate of drug-likeness (QED) is 0.726. The number of likely N-dealkylation sites (tertiary alicyclic amines) is 1. The zero-order valence-electron chi connectivity index (χ0n) is 17.0. The Labute approximate surface area is 166 Å².